The molecule has 192 valence electrons. The lowest BCUT2D eigenvalue weighted by Gasteiger charge is -2.39. The summed E-state index contributed by atoms with van der Waals surface area (Å²) >= 11 is 0. The van der Waals surface area contributed by atoms with Crippen molar-refractivity contribution < 1.29 is 8.97 Å². The second kappa shape index (κ2) is 17.7. The van der Waals surface area contributed by atoms with E-state index < -0.39 is 0 Å². The van der Waals surface area contributed by atoms with Crippen LogP contribution in [0.25, 0.3) is 0 Å². The molecule has 0 saturated carbocycles. The Balaban J connectivity index is 0.000000362. The number of hydrogen-bond donors (Lipinski definition) is 0. The van der Waals surface area contributed by atoms with Crippen LogP contribution in [0.5, 0.6) is 0 Å². The summed E-state index contributed by atoms with van der Waals surface area (Å²) in [6, 6.07) is 21.9. The van der Waals surface area contributed by atoms with Crippen LogP contribution in [0.3, 0.4) is 0 Å². The summed E-state index contributed by atoms with van der Waals surface area (Å²) in [6.07, 6.45) is 8.02. The fourth-order valence-electron chi connectivity index (χ4n) is 5.00. The Labute approximate surface area is 213 Å². The molecule has 0 aliphatic rings. The van der Waals surface area contributed by atoms with Crippen LogP contribution in [0.4, 0.5) is 0 Å². The highest BCUT2D eigenvalue weighted by molar-refractivity contribution is 5.14. The Morgan fingerprint density at radius 3 is 1.06 bits per heavy atom. The van der Waals surface area contributed by atoms with E-state index in [0.29, 0.717) is 0 Å². The Bertz CT molecular complexity index is 676. The van der Waals surface area contributed by atoms with E-state index in [9.17, 15) is 0 Å². The van der Waals surface area contributed by atoms with Crippen LogP contribution in [0.2, 0.25) is 0 Å². The number of benzene rings is 2. The molecule has 0 N–H and O–H groups in total. The van der Waals surface area contributed by atoms with E-state index in [1.165, 1.54) is 111 Å². The number of unbranched alkanes of at least 4 members (excludes halogenated alkanes) is 3. The number of nitrogens with zero attached hydrogens (tertiary/aromatic N) is 2. The highest BCUT2D eigenvalue weighted by atomic mass is 15.3. The monoisotopic (exact) mass is 468 g/mol. The first-order chi connectivity index (χ1) is 16.5. The van der Waals surface area contributed by atoms with Crippen molar-refractivity contribution in [2.45, 2.75) is 93.2 Å². The van der Waals surface area contributed by atoms with Gasteiger partial charge < -0.3 is 8.97 Å². The van der Waals surface area contributed by atoms with Crippen LogP contribution < -0.4 is 0 Å². The van der Waals surface area contributed by atoms with E-state index in [1.807, 2.05) is 0 Å². The van der Waals surface area contributed by atoms with Gasteiger partial charge in [-0.25, -0.2) is 0 Å². The molecule has 0 bridgehead atoms. The van der Waals surface area contributed by atoms with Crippen molar-refractivity contribution in [1.29, 1.82) is 0 Å². The lowest BCUT2D eigenvalue weighted by Crippen LogP contribution is -2.49. The Morgan fingerprint density at radius 1 is 0.441 bits per heavy atom. The first kappa shape index (κ1) is 30.4. The van der Waals surface area contributed by atoms with E-state index >= 15 is 0 Å². The molecule has 0 aliphatic carbocycles. The van der Waals surface area contributed by atoms with Gasteiger partial charge in [0.25, 0.3) is 0 Å². The first-order valence-electron chi connectivity index (χ1n) is 14.3. The third-order valence-electron chi connectivity index (χ3n) is 7.69. The Kier molecular flexibility index (Phi) is 15.9. The summed E-state index contributed by atoms with van der Waals surface area (Å²) in [5.74, 6) is 0. The fraction of sp³-hybridized carbons (Fsp3) is 0.625. The van der Waals surface area contributed by atoms with Crippen molar-refractivity contribution >= 4 is 0 Å². The fourth-order valence-corrected chi connectivity index (χ4v) is 5.00. The third-order valence-corrected chi connectivity index (χ3v) is 7.69. The van der Waals surface area contributed by atoms with Crippen LogP contribution >= 0.6 is 0 Å². The average Bonchev–Trinajstić information content (AvgIpc) is 2.90. The van der Waals surface area contributed by atoms with Crippen LogP contribution in [0.1, 0.15) is 91.2 Å². The lowest BCUT2D eigenvalue weighted by atomic mass is 10.1. The zero-order valence-corrected chi connectivity index (χ0v) is 23.6. The van der Waals surface area contributed by atoms with Crippen LogP contribution in [0.15, 0.2) is 60.7 Å². The van der Waals surface area contributed by atoms with Gasteiger partial charge in [-0.1, -0.05) is 101 Å². The molecule has 2 aromatic rings. The maximum atomic E-state index is 2.32. The van der Waals surface area contributed by atoms with Crippen molar-refractivity contribution in [3.8, 4) is 0 Å². The van der Waals surface area contributed by atoms with Crippen molar-refractivity contribution in [2.75, 3.05) is 39.3 Å². The summed E-state index contributed by atoms with van der Waals surface area (Å²) in [4.78, 5) is 0. The number of rotatable bonds is 16. The van der Waals surface area contributed by atoms with Gasteiger partial charge in [-0.05, 0) is 40.0 Å². The van der Waals surface area contributed by atoms with Crippen molar-refractivity contribution in [1.82, 2.24) is 0 Å². The maximum absolute atomic E-state index is 2.32. The molecule has 2 nitrogen and oxygen atoms in total. The molecule has 0 saturated heterocycles. The highest BCUT2D eigenvalue weighted by Crippen LogP contribution is 2.20. The second-order valence-electron chi connectivity index (χ2n) is 10.2. The van der Waals surface area contributed by atoms with E-state index in [1.54, 1.807) is 0 Å². The summed E-state index contributed by atoms with van der Waals surface area (Å²) < 4.78 is 2.50. The predicted molar refractivity (Wildman–Crippen MR) is 152 cm³/mol. The SMILES string of the molecule is CCCC[N+](CCCC)(CCCC)Cc1ccccc1.CC[N+](CC)(CC)Cc1ccccc1. The van der Waals surface area contributed by atoms with Gasteiger partial charge in [0, 0.05) is 11.1 Å². The molecule has 2 rings (SSSR count). The van der Waals surface area contributed by atoms with Gasteiger partial charge in [-0.3, -0.25) is 0 Å². The number of hydrogen-bond acceptors (Lipinski definition) is 0. The summed E-state index contributed by atoms with van der Waals surface area (Å²) in [5.41, 5.74) is 2.97. The zero-order valence-electron chi connectivity index (χ0n) is 23.6. The molecule has 0 amide bonds. The molecule has 2 aromatic carbocycles. The molecule has 0 atom stereocenters. The van der Waals surface area contributed by atoms with E-state index in [4.69, 9.17) is 0 Å². The molecular formula is C32H56N2+2. The molecule has 0 aliphatic heterocycles. The van der Waals surface area contributed by atoms with E-state index in [-0.39, 0.29) is 0 Å². The second-order valence-corrected chi connectivity index (χ2v) is 10.2. The van der Waals surface area contributed by atoms with Crippen molar-refractivity contribution in [3.63, 3.8) is 0 Å². The highest BCUT2D eigenvalue weighted by Gasteiger charge is 2.26. The predicted octanol–water partition coefficient (Wildman–Crippen LogP) is 8.47. The normalized spacial score (nSPS) is 11.7. The van der Waals surface area contributed by atoms with E-state index in [2.05, 4.69) is 102 Å². The van der Waals surface area contributed by atoms with Gasteiger partial charge in [0.1, 0.15) is 13.1 Å². The van der Waals surface area contributed by atoms with Crippen LogP contribution in [0, 0.1) is 0 Å². The standard InChI is InChI=1S/C19H34N.C13H22N/c1-4-7-15-20(16-8-5-2,17-9-6-3)18-19-13-11-10-12-14-19;1-4-14(5-2,6-3)12-13-10-8-7-9-11-13/h10-14H,4-9,15-18H2,1-3H3;7-11H,4-6,12H2,1-3H3/q2*+1. The van der Waals surface area contributed by atoms with Crippen LogP contribution in [-0.2, 0) is 13.1 Å². The first-order valence-corrected chi connectivity index (χ1v) is 14.3. The average molecular weight is 469 g/mol. The molecule has 34 heavy (non-hydrogen) atoms. The quantitative estimate of drug-likeness (QED) is 0.217. The third kappa shape index (κ3) is 11.2. The van der Waals surface area contributed by atoms with Gasteiger partial charge in [0.05, 0.1) is 39.3 Å². The zero-order chi connectivity index (χ0) is 25.1. The molecule has 0 unspecified atom stereocenters. The van der Waals surface area contributed by atoms with Gasteiger partial charge >= 0.3 is 0 Å². The summed E-state index contributed by atoms with van der Waals surface area (Å²) in [7, 11) is 0. The molecule has 0 fully saturated rings. The van der Waals surface area contributed by atoms with Gasteiger partial charge in [0.15, 0.2) is 0 Å². The minimum atomic E-state index is 1.17. The van der Waals surface area contributed by atoms with Gasteiger partial charge in [-0.15, -0.1) is 0 Å². The topological polar surface area (TPSA) is 0 Å². The Morgan fingerprint density at radius 2 is 0.765 bits per heavy atom. The summed E-state index contributed by atoms with van der Waals surface area (Å²) in [5, 5.41) is 0. The summed E-state index contributed by atoms with van der Waals surface area (Å²) in [6.45, 7) is 23.9. The number of quaternary nitrogens is 2. The molecule has 0 radical (unpaired) electrons. The minimum Gasteiger partial charge on any atom is -0.321 e. The van der Waals surface area contributed by atoms with E-state index in [0.717, 1.165) is 0 Å². The molecule has 0 heterocycles. The minimum absolute atomic E-state index is 1.17. The molecule has 0 aromatic heterocycles. The molecule has 2 heteroatoms. The molecule has 0 spiro atoms. The molecular weight excluding hydrogens is 412 g/mol. The smallest absolute Gasteiger partial charge is 0.104 e. The lowest BCUT2D eigenvalue weighted by molar-refractivity contribution is -0.941. The van der Waals surface area contributed by atoms with Gasteiger partial charge in [0.2, 0.25) is 0 Å². The maximum Gasteiger partial charge on any atom is 0.104 e. The van der Waals surface area contributed by atoms with Gasteiger partial charge in [-0.2, -0.15) is 0 Å². The van der Waals surface area contributed by atoms with Crippen molar-refractivity contribution in [2.24, 2.45) is 0 Å². The van der Waals surface area contributed by atoms with Crippen molar-refractivity contribution in [3.05, 3.63) is 71.8 Å². The Hall–Kier alpha value is -1.64. The van der Waals surface area contributed by atoms with Crippen LogP contribution in [-0.4, -0.2) is 48.2 Å². The largest absolute Gasteiger partial charge is 0.321 e.